The zero-order valence-corrected chi connectivity index (χ0v) is 13.1. The molecule has 0 radical (unpaired) electrons. The first-order valence-electron chi connectivity index (χ1n) is 7.62. The van der Waals surface area contributed by atoms with Crippen molar-refractivity contribution >= 4 is 17.7 Å². The van der Waals surface area contributed by atoms with Gasteiger partial charge in [-0.2, -0.15) is 0 Å². The quantitative estimate of drug-likeness (QED) is 0.650. The van der Waals surface area contributed by atoms with E-state index in [9.17, 15) is 4.79 Å². The molecule has 0 aromatic carbocycles. The molecule has 0 aliphatic heterocycles. The molecule has 0 spiro atoms. The van der Waals surface area contributed by atoms with E-state index in [0.717, 1.165) is 12.3 Å². The van der Waals surface area contributed by atoms with Crippen LogP contribution < -0.4 is 0 Å². The van der Waals surface area contributed by atoms with Crippen molar-refractivity contribution in [2.75, 3.05) is 12.3 Å². The van der Waals surface area contributed by atoms with Crippen molar-refractivity contribution in [2.24, 2.45) is 0 Å². The highest BCUT2D eigenvalue weighted by Crippen LogP contribution is 2.25. The van der Waals surface area contributed by atoms with Gasteiger partial charge in [-0.05, 0) is 38.9 Å². The van der Waals surface area contributed by atoms with E-state index in [2.05, 4.69) is 25.7 Å². The summed E-state index contributed by atoms with van der Waals surface area (Å²) >= 11 is 1.83. The second kappa shape index (κ2) is 8.84. The fourth-order valence-electron chi connectivity index (χ4n) is 2.70. The highest BCUT2D eigenvalue weighted by molar-refractivity contribution is 8.00. The van der Waals surface area contributed by atoms with Crippen molar-refractivity contribution in [1.29, 1.82) is 0 Å². The topological polar surface area (TPSA) is 20.3 Å². The van der Waals surface area contributed by atoms with Gasteiger partial charge in [-0.1, -0.05) is 32.6 Å². The molecule has 1 amide bonds. The van der Waals surface area contributed by atoms with Crippen LogP contribution in [0.1, 0.15) is 65.7 Å². The van der Waals surface area contributed by atoms with Crippen LogP contribution >= 0.6 is 11.8 Å². The molecule has 1 unspecified atom stereocenters. The molecule has 0 bridgehead atoms. The van der Waals surface area contributed by atoms with Gasteiger partial charge in [-0.25, -0.2) is 0 Å². The molecule has 0 aromatic rings. The van der Waals surface area contributed by atoms with Crippen molar-refractivity contribution in [1.82, 2.24) is 4.90 Å². The predicted molar refractivity (Wildman–Crippen MR) is 81.1 cm³/mol. The molecule has 18 heavy (non-hydrogen) atoms. The standard InChI is InChI=1S/C15H29NOS/c1-4-6-12-18-13(3)15(17)16(5-2)14-10-8-7-9-11-14/h13-14H,4-12H2,1-3H3. The molecule has 1 aliphatic rings. The molecule has 0 N–H and O–H groups in total. The minimum absolute atomic E-state index is 0.137. The number of thioether (sulfide) groups is 1. The van der Waals surface area contributed by atoms with Gasteiger partial charge >= 0.3 is 0 Å². The van der Waals surface area contributed by atoms with Crippen molar-refractivity contribution < 1.29 is 4.79 Å². The molecule has 1 saturated carbocycles. The van der Waals surface area contributed by atoms with Crippen LogP contribution in [0, 0.1) is 0 Å². The monoisotopic (exact) mass is 271 g/mol. The number of carbonyl (C=O) groups is 1. The number of rotatable bonds is 7. The summed E-state index contributed by atoms with van der Waals surface area (Å²) in [5, 5.41) is 0.137. The van der Waals surface area contributed by atoms with Crippen LogP contribution in [0.4, 0.5) is 0 Å². The Labute approximate surface area is 117 Å². The largest absolute Gasteiger partial charge is 0.339 e. The first kappa shape index (κ1) is 15.9. The van der Waals surface area contributed by atoms with Gasteiger partial charge in [0.1, 0.15) is 0 Å². The molecule has 0 saturated heterocycles. The van der Waals surface area contributed by atoms with E-state index in [1.807, 2.05) is 11.8 Å². The lowest BCUT2D eigenvalue weighted by atomic mass is 9.94. The zero-order chi connectivity index (χ0) is 13.4. The van der Waals surface area contributed by atoms with E-state index in [4.69, 9.17) is 0 Å². The summed E-state index contributed by atoms with van der Waals surface area (Å²) in [4.78, 5) is 14.6. The van der Waals surface area contributed by atoms with Crippen molar-refractivity contribution in [3.05, 3.63) is 0 Å². The Morgan fingerprint density at radius 3 is 2.50 bits per heavy atom. The average Bonchev–Trinajstić information content (AvgIpc) is 2.41. The number of amides is 1. The number of unbranched alkanes of at least 4 members (excludes halogenated alkanes) is 1. The van der Waals surface area contributed by atoms with Crippen LogP contribution in [0.3, 0.4) is 0 Å². The normalized spacial score (nSPS) is 18.6. The van der Waals surface area contributed by atoms with Crippen LogP contribution in [0.5, 0.6) is 0 Å². The Hall–Kier alpha value is -0.180. The fraction of sp³-hybridized carbons (Fsp3) is 0.933. The third kappa shape index (κ3) is 4.83. The second-order valence-corrected chi connectivity index (χ2v) is 6.73. The first-order valence-corrected chi connectivity index (χ1v) is 8.67. The molecule has 1 atom stereocenters. The van der Waals surface area contributed by atoms with E-state index in [1.165, 1.54) is 44.9 Å². The summed E-state index contributed by atoms with van der Waals surface area (Å²) in [6.45, 7) is 7.28. The van der Waals surface area contributed by atoms with Gasteiger partial charge in [0.05, 0.1) is 5.25 Å². The van der Waals surface area contributed by atoms with Crippen molar-refractivity contribution in [2.45, 2.75) is 77.0 Å². The zero-order valence-electron chi connectivity index (χ0n) is 12.3. The molecular formula is C15H29NOS. The molecule has 2 nitrogen and oxygen atoms in total. The number of carbonyl (C=O) groups excluding carboxylic acids is 1. The highest BCUT2D eigenvalue weighted by atomic mass is 32.2. The van der Waals surface area contributed by atoms with Crippen molar-refractivity contribution in [3.63, 3.8) is 0 Å². The fourth-order valence-corrected chi connectivity index (χ4v) is 3.78. The molecule has 1 rings (SSSR count). The van der Waals surface area contributed by atoms with Crippen LogP contribution in [-0.2, 0) is 4.79 Å². The molecule has 106 valence electrons. The summed E-state index contributed by atoms with van der Waals surface area (Å²) in [5.74, 6) is 1.48. The van der Waals surface area contributed by atoms with E-state index >= 15 is 0 Å². The highest BCUT2D eigenvalue weighted by Gasteiger charge is 2.27. The van der Waals surface area contributed by atoms with Gasteiger partial charge in [0.15, 0.2) is 0 Å². The first-order chi connectivity index (χ1) is 8.70. The minimum Gasteiger partial charge on any atom is -0.339 e. The Kier molecular flexibility index (Phi) is 7.80. The Morgan fingerprint density at radius 2 is 1.94 bits per heavy atom. The number of hydrogen-bond acceptors (Lipinski definition) is 2. The maximum atomic E-state index is 12.5. The Balaban J connectivity index is 2.44. The Morgan fingerprint density at radius 1 is 1.28 bits per heavy atom. The predicted octanol–water partition coefficient (Wildman–Crippen LogP) is 4.09. The summed E-state index contributed by atoms with van der Waals surface area (Å²) in [7, 11) is 0. The molecule has 0 aromatic heterocycles. The van der Waals surface area contributed by atoms with E-state index in [-0.39, 0.29) is 5.25 Å². The number of nitrogens with zero attached hydrogens (tertiary/aromatic N) is 1. The third-order valence-corrected chi connectivity index (χ3v) is 5.08. The lowest BCUT2D eigenvalue weighted by Crippen LogP contribution is -2.44. The van der Waals surface area contributed by atoms with Gasteiger partial charge < -0.3 is 4.90 Å². The van der Waals surface area contributed by atoms with Crippen LogP contribution in [0.2, 0.25) is 0 Å². The van der Waals surface area contributed by atoms with E-state index < -0.39 is 0 Å². The maximum absolute atomic E-state index is 12.5. The minimum atomic E-state index is 0.137. The smallest absolute Gasteiger partial charge is 0.235 e. The summed E-state index contributed by atoms with van der Waals surface area (Å²) in [6.07, 6.45) is 8.81. The lowest BCUT2D eigenvalue weighted by molar-refractivity contribution is -0.133. The second-order valence-electron chi connectivity index (χ2n) is 5.28. The third-order valence-electron chi connectivity index (χ3n) is 3.85. The summed E-state index contributed by atoms with van der Waals surface area (Å²) < 4.78 is 0. The van der Waals surface area contributed by atoms with Gasteiger partial charge in [-0.3, -0.25) is 4.79 Å². The molecular weight excluding hydrogens is 242 g/mol. The molecule has 0 heterocycles. The summed E-state index contributed by atoms with van der Waals surface area (Å²) in [6, 6.07) is 0.519. The average molecular weight is 271 g/mol. The van der Waals surface area contributed by atoms with Gasteiger partial charge in [-0.15, -0.1) is 11.8 Å². The maximum Gasteiger partial charge on any atom is 0.235 e. The van der Waals surface area contributed by atoms with E-state index in [1.54, 1.807) is 0 Å². The molecule has 3 heteroatoms. The summed E-state index contributed by atoms with van der Waals surface area (Å²) in [5.41, 5.74) is 0. The van der Waals surface area contributed by atoms with Crippen LogP contribution in [-0.4, -0.2) is 34.4 Å². The number of hydrogen-bond donors (Lipinski definition) is 0. The molecule has 1 aliphatic carbocycles. The van der Waals surface area contributed by atoms with Crippen molar-refractivity contribution in [3.8, 4) is 0 Å². The van der Waals surface area contributed by atoms with Gasteiger partial charge in [0.25, 0.3) is 0 Å². The van der Waals surface area contributed by atoms with Gasteiger partial charge in [0, 0.05) is 12.6 Å². The molecule has 1 fully saturated rings. The SMILES string of the molecule is CCCCSC(C)C(=O)N(CC)C1CCCCC1. The van der Waals surface area contributed by atoms with Crippen LogP contribution in [0.15, 0.2) is 0 Å². The Bertz CT molecular complexity index is 239. The van der Waals surface area contributed by atoms with Crippen LogP contribution in [0.25, 0.3) is 0 Å². The van der Waals surface area contributed by atoms with Gasteiger partial charge in [0.2, 0.25) is 5.91 Å². The lowest BCUT2D eigenvalue weighted by Gasteiger charge is -2.35. The van der Waals surface area contributed by atoms with E-state index in [0.29, 0.717) is 11.9 Å².